The number of hydrogen-bond acceptors (Lipinski definition) is 4. The lowest BCUT2D eigenvalue weighted by Gasteiger charge is -2.25. The van der Waals surface area contributed by atoms with Crippen LogP contribution < -0.4 is 5.73 Å². The van der Waals surface area contributed by atoms with Crippen LogP contribution in [0, 0.1) is 5.41 Å². The van der Waals surface area contributed by atoms with Gasteiger partial charge in [-0.1, -0.05) is 20.8 Å². The van der Waals surface area contributed by atoms with Crippen molar-refractivity contribution in [1.82, 2.24) is 9.21 Å². The summed E-state index contributed by atoms with van der Waals surface area (Å²) in [5.74, 6) is 0.219. The molecule has 0 radical (unpaired) electrons. The molecule has 0 amide bonds. The fourth-order valence-electron chi connectivity index (χ4n) is 2.27. The smallest absolute Gasteiger partial charge is 0.214 e. The zero-order chi connectivity index (χ0) is 13.8. The van der Waals surface area contributed by atoms with Gasteiger partial charge in [-0.25, -0.2) is 12.7 Å². The molecule has 1 fully saturated rings. The largest absolute Gasteiger partial charge is 0.329 e. The summed E-state index contributed by atoms with van der Waals surface area (Å²) in [7, 11) is -3.13. The molecule has 0 aliphatic carbocycles. The maximum absolute atomic E-state index is 12.3. The topological polar surface area (TPSA) is 66.6 Å². The lowest BCUT2D eigenvalue weighted by atomic mass is 10.0. The van der Waals surface area contributed by atoms with Gasteiger partial charge in [-0.05, 0) is 18.4 Å². The van der Waals surface area contributed by atoms with Crippen LogP contribution in [-0.2, 0) is 10.0 Å². The SMILES string of the molecule is CC(C)(C)CS(=O)(=O)N1CCCN(CCN)CC1. The zero-order valence-corrected chi connectivity index (χ0v) is 12.7. The van der Waals surface area contributed by atoms with Gasteiger partial charge in [-0.15, -0.1) is 0 Å². The standard InChI is InChI=1S/C12H27N3O2S/c1-12(2,3)11-18(16,17)15-7-4-6-14(8-5-13)9-10-15/h4-11,13H2,1-3H3. The van der Waals surface area contributed by atoms with Crippen molar-refractivity contribution < 1.29 is 8.42 Å². The van der Waals surface area contributed by atoms with Gasteiger partial charge in [0.25, 0.3) is 0 Å². The van der Waals surface area contributed by atoms with E-state index in [0.29, 0.717) is 19.6 Å². The van der Waals surface area contributed by atoms with Crippen LogP contribution in [0.1, 0.15) is 27.2 Å². The highest BCUT2D eigenvalue weighted by atomic mass is 32.2. The van der Waals surface area contributed by atoms with Crippen LogP contribution in [0.25, 0.3) is 0 Å². The number of nitrogens with zero attached hydrogens (tertiary/aromatic N) is 2. The molecular weight excluding hydrogens is 250 g/mol. The molecule has 0 unspecified atom stereocenters. The fourth-order valence-corrected chi connectivity index (χ4v) is 4.31. The molecule has 1 aliphatic heterocycles. The molecule has 108 valence electrons. The Morgan fingerprint density at radius 1 is 1.11 bits per heavy atom. The van der Waals surface area contributed by atoms with Gasteiger partial charge in [0.1, 0.15) is 0 Å². The third-order valence-electron chi connectivity index (χ3n) is 3.00. The Morgan fingerprint density at radius 2 is 1.78 bits per heavy atom. The van der Waals surface area contributed by atoms with Crippen molar-refractivity contribution >= 4 is 10.0 Å². The second kappa shape index (κ2) is 6.32. The average Bonchev–Trinajstić information content (AvgIpc) is 2.40. The van der Waals surface area contributed by atoms with Gasteiger partial charge in [0.2, 0.25) is 10.0 Å². The van der Waals surface area contributed by atoms with Crippen molar-refractivity contribution in [3.63, 3.8) is 0 Å². The quantitative estimate of drug-likeness (QED) is 0.804. The van der Waals surface area contributed by atoms with E-state index in [0.717, 1.165) is 26.1 Å². The third-order valence-corrected chi connectivity index (χ3v) is 5.38. The van der Waals surface area contributed by atoms with E-state index < -0.39 is 10.0 Å². The predicted molar refractivity (Wildman–Crippen MR) is 74.9 cm³/mol. The molecule has 18 heavy (non-hydrogen) atoms. The van der Waals surface area contributed by atoms with Crippen molar-refractivity contribution in [2.24, 2.45) is 11.1 Å². The van der Waals surface area contributed by atoms with Gasteiger partial charge >= 0.3 is 0 Å². The second-order valence-electron chi connectivity index (χ2n) is 6.20. The van der Waals surface area contributed by atoms with Gasteiger partial charge < -0.3 is 10.6 Å². The fraction of sp³-hybridized carbons (Fsp3) is 1.00. The Balaban J connectivity index is 2.62. The van der Waals surface area contributed by atoms with Gasteiger partial charge in [0.15, 0.2) is 0 Å². The summed E-state index contributed by atoms with van der Waals surface area (Å²) in [6.45, 7) is 10.3. The summed E-state index contributed by atoms with van der Waals surface area (Å²) in [6.07, 6.45) is 0.892. The summed E-state index contributed by atoms with van der Waals surface area (Å²) in [4.78, 5) is 2.24. The molecule has 0 saturated carbocycles. The Hall–Kier alpha value is -0.170. The van der Waals surface area contributed by atoms with Crippen LogP contribution >= 0.6 is 0 Å². The average molecular weight is 277 g/mol. The van der Waals surface area contributed by atoms with E-state index in [1.165, 1.54) is 0 Å². The molecule has 1 rings (SSSR count). The van der Waals surface area contributed by atoms with E-state index >= 15 is 0 Å². The number of sulfonamides is 1. The van der Waals surface area contributed by atoms with E-state index in [1.54, 1.807) is 4.31 Å². The molecule has 0 atom stereocenters. The van der Waals surface area contributed by atoms with E-state index in [4.69, 9.17) is 5.73 Å². The monoisotopic (exact) mass is 277 g/mol. The van der Waals surface area contributed by atoms with E-state index in [2.05, 4.69) is 4.90 Å². The third kappa shape index (κ3) is 5.22. The van der Waals surface area contributed by atoms with E-state index in [1.807, 2.05) is 20.8 Å². The van der Waals surface area contributed by atoms with Crippen LogP contribution in [0.2, 0.25) is 0 Å². The summed E-state index contributed by atoms with van der Waals surface area (Å²) in [5, 5.41) is 0. The first kappa shape index (κ1) is 15.9. The summed E-state index contributed by atoms with van der Waals surface area (Å²) in [5.41, 5.74) is 5.35. The summed E-state index contributed by atoms with van der Waals surface area (Å²) < 4.78 is 26.3. The van der Waals surface area contributed by atoms with Crippen molar-refractivity contribution in [1.29, 1.82) is 0 Å². The number of hydrogen-bond donors (Lipinski definition) is 1. The first-order valence-electron chi connectivity index (χ1n) is 6.65. The van der Waals surface area contributed by atoms with Crippen LogP contribution in [0.15, 0.2) is 0 Å². The van der Waals surface area contributed by atoms with Gasteiger partial charge in [-0.3, -0.25) is 0 Å². The van der Waals surface area contributed by atoms with Crippen molar-refractivity contribution in [3.05, 3.63) is 0 Å². The zero-order valence-electron chi connectivity index (χ0n) is 11.9. The molecule has 1 saturated heterocycles. The minimum atomic E-state index is -3.13. The molecule has 0 bridgehead atoms. The molecule has 2 N–H and O–H groups in total. The van der Waals surface area contributed by atoms with Crippen LogP contribution in [-0.4, -0.2) is 62.6 Å². The van der Waals surface area contributed by atoms with Gasteiger partial charge in [0, 0.05) is 32.7 Å². The minimum Gasteiger partial charge on any atom is -0.329 e. The lowest BCUT2D eigenvalue weighted by Crippen LogP contribution is -2.40. The number of nitrogens with two attached hydrogens (primary N) is 1. The molecule has 5 nitrogen and oxygen atoms in total. The normalized spacial score (nSPS) is 20.9. The molecule has 1 heterocycles. The molecule has 0 aromatic rings. The molecule has 1 aliphatic rings. The number of rotatable bonds is 4. The van der Waals surface area contributed by atoms with Gasteiger partial charge in [0.05, 0.1) is 5.75 Å². The second-order valence-corrected chi connectivity index (χ2v) is 8.17. The van der Waals surface area contributed by atoms with E-state index in [-0.39, 0.29) is 11.2 Å². The Bertz CT molecular complexity index is 349. The van der Waals surface area contributed by atoms with Crippen molar-refractivity contribution in [2.45, 2.75) is 27.2 Å². The van der Waals surface area contributed by atoms with Crippen LogP contribution in [0.3, 0.4) is 0 Å². The molecular formula is C12H27N3O2S. The van der Waals surface area contributed by atoms with Crippen LogP contribution in [0.4, 0.5) is 0 Å². The lowest BCUT2D eigenvalue weighted by molar-refractivity contribution is 0.294. The first-order chi connectivity index (χ1) is 8.24. The van der Waals surface area contributed by atoms with Gasteiger partial charge in [-0.2, -0.15) is 0 Å². The first-order valence-corrected chi connectivity index (χ1v) is 8.26. The minimum absolute atomic E-state index is 0.192. The maximum atomic E-state index is 12.3. The maximum Gasteiger partial charge on any atom is 0.214 e. The van der Waals surface area contributed by atoms with Crippen molar-refractivity contribution in [2.75, 3.05) is 45.0 Å². The van der Waals surface area contributed by atoms with Crippen molar-refractivity contribution in [3.8, 4) is 0 Å². The Morgan fingerprint density at radius 3 is 2.33 bits per heavy atom. The Kier molecular flexibility index (Phi) is 5.58. The summed E-state index contributed by atoms with van der Waals surface area (Å²) in [6, 6.07) is 0. The summed E-state index contributed by atoms with van der Waals surface area (Å²) >= 11 is 0. The molecule has 0 aromatic carbocycles. The highest BCUT2D eigenvalue weighted by Crippen LogP contribution is 2.19. The molecule has 0 aromatic heterocycles. The highest BCUT2D eigenvalue weighted by molar-refractivity contribution is 7.89. The Labute approximate surface area is 111 Å². The molecule has 6 heteroatoms. The highest BCUT2D eigenvalue weighted by Gasteiger charge is 2.29. The van der Waals surface area contributed by atoms with Crippen LogP contribution in [0.5, 0.6) is 0 Å². The predicted octanol–water partition coefficient (Wildman–Crippen LogP) is 0.329. The molecule has 0 spiro atoms. The van der Waals surface area contributed by atoms with E-state index in [9.17, 15) is 8.42 Å².